The highest BCUT2D eigenvalue weighted by Crippen LogP contribution is 2.46. The van der Waals surface area contributed by atoms with Crippen molar-refractivity contribution >= 4 is 131 Å². The van der Waals surface area contributed by atoms with Crippen LogP contribution < -0.4 is 0 Å². The van der Waals surface area contributed by atoms with E-state index in [9.17, 15) is 0 Å². The number of furan rings is 1. The summed E-state index contributed by atoms with van der Waals surface area (Å²) in [5.74, 6) is 0. The van der Waals surface area contributed by atoms with Crippen LogP contribution in [0.3, 0.4) is 0 Å². The largest absolute Gasteiger partial charge is 0.454 e. The van der Waals surface area contributed by atoms with Crippen LogP contribution in [-0.2, 0) is 0 Å². The van der Waals surface area contributed by atoms with Crippen LogP contribution in [0.5, 0.6) is 0 Å². The first-order chi connectivity index (χ1) is 65.4. The SMILES string of the molecule is c1ccc(-c2cc(-c3ccc(-n4c5ccccc5c5cc(-c6ccc7c(c6)c6ccc(-c8cnc9c(c8)oc8ccc(-n%10c%11ccccc%11c%11cc(-c%12ccc%13c(c%12)c%12ccccc%12n%13-c%12cccc(-c%13cc(-c%14ccccc%14)nc(-c%14ccccc%14)c%13)c%12)ccc%11%10)cc89)cc6n7-c6ccc7c(c6)c6ncccc6n7-c6ccccc6)ccc54)cc3)cc(-c3ccccc3)n2)cc1. The molecular formula is C122H75N9O. The fourth-order valence-corrected chi connectivity index (χ4v) is 20.7. The molecule has 0 N–H and O–H groups in total. The minimum absolute atomic E-state index is 0.716. The number of hydrogen-bond donors (Lipinski definition) is 0. The van der Waals surface area contributed by atoms with E-state index < -0.39 is 0 Å². The summed E-state index contributed by atoms with van der Waals surface area (Å²) in [4.78, 5) is 20.8. The molecule has 0 atom stereocenters. The third-order valence-electron chi connectivity index (χ3n) is 26.9. The number of hydrogen-bond acceptors (Lipinski definition) is 5. The summed E-state index contributed by atoms with van der Waals surface area (Å²) in [5.41, 5.74) is 38.7. The Kier molecular flexibility index (Phi) is 16.9. The monoisotopic (exact) mass is 1680 g/mol. The molecule has 0 unspecified atom stereocenters. The first-order valence-corrected chi connectivity index (χ1v) is 44.8. The Hall–Kier alpha value is -17.9. The summed E-state index contributed by atoms with van der Waals surface area (Å²) in [6.07, 6.45) is 3.92. The molecule has 0 amide bonds. The van der Waals surface area contributed by atoms with Crippen molar-refractivity contribution in [1.82, 2.24) is 42.8 Å². The van der Waals surface area contributed by atoms with E-state index in [-0.39, 0.29) is 0 Å². The van der Waals surface area contributed by atoms with Crippen molar-refractivity contribution in [2.75, 3.05) is 0 Å². The second-order valence-electron chi connectivity index (χ2n) is 34.5. The number of nitrogens with zero attached hydrogens (tertiary/aromatic N) is 9. The van der Waals surface area contributed by atoms with E-state index in [0.717, 1.165) is 222 Å². The number of benzene rings is 17. The lowest BCUT2D eigenvalue weighted by Gasteiger charge is -2.13. The Balaban J connectivity index is 0.535. The number of aromatic nitrogens is 9. The van der Waals surface area contributed by atoms with Crippen LogP contribution in [0.4, 0.5) is 0 Å². The molecule has 10 aromatic heterocycles. The van der Waals surface area contributed by atoms with Gasteiger partial charge in [-0.05, 0) is 238 Å². The van der Waals surface area contributed by atoms with E-state index in [1.165, 1.54) is 32.3 Å². The van der Waals surface area contributed by atoms with Crippen LogP contribution >= 0.6 is 0 Å². The first-order valence-electron chi connectivity index (χ1n) is 44.8. The van der Waals surface area contributed by atoms with Crippen LogP contribution in [-0.4, -0.2) is 42.8 Å². The normalized spacial score (nSPS) is 11.9. The van der Waals surface area contributed by atoms with E-state index in [1.807, 2.05) is 18.5 Å². The summed E-state index contributed by atoms with van der Waals surface area (Å²) >= 11 is 0. The zero-order valence-corrected chi connectivity index (χ0v) is 71.2. The maximum Gasteiger partial charge on any atom is 0.154 e. The lowest BCUT2D eigenvalue weighted by molar-refractivity contribution is 0.668. The summed E-state index contributed by atoms with van der Waals surface area (Å²) in [7, 11) is 0. The lowest BCUT2D eigenvalue weighted by Crippen LogP contribution is -1.96. The lowest BCUT2D eigenvalue weighted by atomic mass is 9.99. The van der Waals surface area contributed by atoms with Gasteiger partial charge in [0, 0.05) is 123 Å². The standard InChI is InChI=1S/C122H75N9O/c1-6-24-77(25-7-1)105-67-87(68-106(125-105)78-26-8-2-9-27-78)76-43-50-91(51-44-76)127-109-39-19-16-36-95(109)99-63-82(46-55-112(99)127)85-49-58-115-102(66-85)98-54-45-86(71-118(98)131(115)93-52-59-116-103(73-93)121-117(42-23-61-123-121)128(116)90-33-14-5-15-34-90)89-72-120-122(124-75-89)104-74-94(53-60-119(104)132-120)130-111-41-21-18-38-97(111)101-65-84(48-57-114(101)130)83-47-56-113-100(64-83)96-37-17-20-40-110(96)129(113)92-35-22-32-81(62-92)88-69-107(79-28-10-3-11-29-79)126-108(70-88)80-30-12-4-13-31-80/h1-75H. The smallest absolute Gasteiger partial charge is 0.154 e. The second-order valence-corrected chi connectivity index (χ2v) is 34.5. The fourth-order valence-electron chi connectivity index (χ4n) is 20.7. The van der Waals surface area contributed by atoms with Crippen LogP contribution in [0.15, 0.2) is 460 Å². The molecule has 0 bridgehead atoms. The molecule has 0 radical (unpaired) electrons. The highest BCUT2D eigenvalue weighted by molar-refractivity contribution is 6.17. The molecule has 27 aromatic rings. The van der Waals surface area contributed by atoms with Crippen molar-refractivity contribution in [2.45, 2.75) is 0 Å². The summed E-state index contributed by atoms with van der Waals surface area (Å²) in [5, 5.41) is 11.4. The highest BCUT2D eigenvalue weighted by Gasteiger charge is 2.25. The quantitative estimate of drug-likeness (QED) is 0.108. The summed E-state index contributed by atoms with van der Waals surface area (Å²) < 4.78 is 18.9. The van der Waals surface area contributed by atoms with E-state index in [1.54, 1.807) is 0 Å². The van der Waals surface area contributed by atoms with Crippen molar-refractivity contribution in [1.29, 1.82) is 0 Å². The molecular weight excluding hydrogens is 1610 g/mol. The van der Waals surface area contributed by atoms with Gasteiger partial charge in [-0.25, -0.2) is 9.97 Å². The zero-order valence-electron chi connectivity index (χ0n) is 71.2. The Morgan fingerprint density at radius 1 is 0.159 bits per heavy atom. The maximum absolute atomic E-state index is 6.90. The van der Waals surface area contributed by atoms with Crippen LogP contribution in [0.2, 0.25) is 0 Å². The molecule has 0 fully saturated rings. The third kappa shape index (κ3) is 12.1. The fraction of sp³-hybridized carbons (Fsp3) is 0. The highest BCUT2D eigenvalue weighted by atomic mass is 16.3. The Bertz CT molecular complexity index is 9270. The minimum atomic E-state index is 0.716. The molecule has 0 spiro atoms. The molecule has 10 heteroatoms. The van der Waals surface area contributed by atoms with Gasteiger partial charge >= 0.3 is 0 Å². The van der Waals surface area contributed by atoms with Gasteiger partial charge in [-0.2, -0.15) is 0 Å². The molecule has 132 heavy (non-hydrogen) atoms. The van der Waals surface area contributed by atoms with Gasteiger partial charge in [0.15, 0.2) is 5.58 Å². The third-order valence-corrected chi connectivity index (χ3v) is 26.9. The minimum Gasteiger partial charge on any atom is -0.454 e. The predicted molar refractivity (Wildman–Crippen MR) is 546 cm³/mol. The average molecular weight is 1680 g/mol. The Labute approximate surface area is 757 Å². The number of rotatable bonds is 14. The van der Waals surface area contributed by atoms with Gasteiger partial charge < -0.3 is 27.3 Å². The summed E-state index contributed by atoms with van der Waals surface area (Å²) in [6, 6.07) is 160. The topological polar surface area (TPSA) is 89.4 Å². The molecule has 0 saturated heterocycles. The van der Waals surface area contributed by atoms with Crippen LogP contribution in [0, 0.1) is 0 Å². The second kappa shape index (κ2) is 29.9. The molecule has 614 valence electrons. The van der Waals surface area contributed by atoms with Gasteiger partial charge in [-0.15, -0.1) is 0 Å². The van der Waals surface area contributed by atoms with Crippen LogP contribution in [0.25, 0.3) is 260 Å². The van der Waals surface area contributed by atoms with Gasteiger partial charge in [-0.3, -0.25) is 9.97 Å². The van der Waals surface area contributed by atoms with Gasteiger partial charge in [0.2, 0.25) is 0 Å². The maximum atomic E-state index is 6.90. The molecule has 0 saturated carbocycles. The number of pyridine rings is 4. The summed E-state index contributed by atoms with van der Waals surface area (Å²) in [6.45, 7) is 0. The van der Waals surface area contributed by atoms with Gasteiger partial charge in [0.05, 0.1) is 83.5 Å². The van der Waals surface area contributed by atoms with Crippen molar-refractivity contribution in [3.8, 4) is 129 Å². The molecule has 10 heterocycles. The van der Waals surface area contributed by atoms with E-state index in [2.05, 4.69) is 460 Å². The number of fused-ring (bicyclic) bond motifs is 18. The molecule has 27 rings (SSSR count). The molecule has 0 aliphatic carbocycles. The first kappa shape index (κ1) is 74.4. The molecule has 0 aliphatic heterocycles. The van der Waals surface area contributed by atoms with Crippen molar-refractivity contribution in [2.24, 2.45) is 0 Å². The van der Waals surface area contributed by atoms with E-state index in [0.29, 0.717) is 5.58 Å². The van der Waals surface area contributed by atoms with Crippen molar-refractivity contribution in [3.05, 3.63) is 455 Å². The predicted octanol–water partition coefficient (Wildman–Crippen LogP) is 31.7. The zero-order chi connectivity index (χ0) is 86.6. The van der Waals surface area contributed by atoms with Crippen molar-refractivity contribution < 1.29 is 4.42 Å². The Morgan fingerprint density at radius 3 is 1.02 bits per heavy atom. The Morgan fingerprint density at radius 2 is 0.500 bits per heavy atom. The van der Waals surface area contributed by atoms with Gasteiger partial charge in [0.1, 0.15) is 11.1 Å². The van der Waals surface area contributed by atoms with E-state index in [4.69, 9.17) is 24.4 Å². The number of para-hydroxylation sites is 4. The van der Waals surface area contributed by atoms with E-state index >= 15 is 0 Å². The van der Waals surface area contributed by atoms with Crippen LogP contribution in [0.1, 0.15) is 0 Å². The molecule has 10 nitrogen and oxygen atoms in total. The van der Waals surface area contributed by atoms with Gasteiger partial charge in [-0.1, -0.05) is 255 Å². The molecule has 0 aliphatic rings. The van der Waals surface area contributed by atoms with Gasteiger partial charge in [0.25, 0.3) is 0 Å². The van der Waals surface area contributed by atoms with Crippen molar-refractivity contribution in [3.63, 3.8) is 0 Å². The molecule has 17 aromatic carbocycles. The average Bonchev–Trinajstić information content (AvgIpc) is 1.57.